The van der Waals surface area contributed by atoms with Crippen LogP contribution in [0.5, 0.6) is 0 Å². The SMILES string of the molecule is c1ccc(-c2ccc(N(c3ccc4c(c3)c3c(-c5ccc6sc7ccccc7c6c5)cc5ccccc5c3n4-c3ccccc3)c3ccccc3-c3ccccc3)cc2)cc1. The van der Waals surface area contributed by atoms with Gasteiger partial charge in [0, 0.05) is 59.0 Å². The minimum Gasteiger partial charge on any atom is -0.310 e. The highest BCUT2D eigenvalue weighted by atomic mass is 32.1. The standard InChI is InChI=1S/C58H38N2S/c1-4-16-39(17-5-1)40-28-31-45(32-29-40)59(53-26-14-12-23-47(53)41-18-6-2-7-19-41)46-33-34-54-52(38-46)57-50(43-30-35-56-51(37-43)49-25-13-15-27-55(49)61-56)36-42-20-10-11-24-48(42)58(57)60(54)44-21-8-3-9-22-44/h1-38H. The molecule has 0 unspecified atom stereocenters. The van der Waals surface area contributed by atoms with Gasteiger partial charge in [0.05, 0.1) is 16.7 Å². The Morgan fingerprint density at radius 3 is 1.77 bits per heavy atom. The van der Waals surface area contributed by atoms with E-state index in [0.717, 1.165) is 22.7 Å². The quantitative estimate of drug-likeness (QED) is 0.156. The van der Waals surface area contributed by atoms with Crippen LogP contribution in [0.4, 0.5) is 17.1 Å². The van der Waals surface area contributed by atoms with Gasteiger partial charge in [0.1, 0.15) is 0 Å². The van der Waals surface area contributed by atoms with Crippen molar-refractivity contribution in [1.29, 1.82) is 0 Å². The first kappa shape index (κ1) is 35.2. The van der Waals surface area contributed by atoms with Gasteiger partial charge in [-0.15, -0.1) is 11.3 Å². The van der Waals surface area contributed by atoms with Gasteiger partial charge in [-0.05, 0) is 106 Å². The molecule has 286 valence electrons. The Balaban J connectivity index is 1.17. The van der Waals surface area contributed by atoms with Crippen LogP contribution in [0.25, 0.3) is 91.8 Å². The zero-order chi connectivity index (χ0) is 40.3. The number of aromatic nitrogens is 1. The van der Waals surface area contributed by atoms with Crippen LogP contribution < -0.4 is 4.90 Å². The highest BCUT2D eigenvalue weighted by Crippen LogP contribution is 2.48. The number of hydrogen-bond acceptors (Lipinski definition) is 2. The predicted octanol–water partition coefficient (Wildman–Crippen LogP) is 16.8. The number of anilines is 3. The smallest absolute Gasteiger partial charge is 0.0625 e. The average Bonchev–Trinajstić information content (AvgIpc) is 3.88. The number of rotatable bonds is 7. The lowest BCUT2D eigenvalue weighted by molar-refractivity contribution is 1.18. The summed E-state index contributed by atoms with van der Waals surface area (Å²) < 4.78 is 5.11. The van der Waals surface area contributed by atoms with Crippen LogP contribution in [-0.4, -0.2) is 4.57 Å². The van der Waals surface area contributed by atoms with Crippen LogP contribution in [0, 0.1) is 0 Å². The summed E-state index contributed by atoms with van der Waals surface area (Å²) in [7, 11) is 0. The first-order chi connectivity index (χ1) is 30.3. The van der Waals surface area contributed by atoms with Crippen LogP contribution in [0.15, 0.2) is 231 Å². The zero-order valence-corrected chi connectivity index (χ0v) is 34.1. The van der Waals surface area contributed by atoms with E-state index < -0.39 is 0 Å². The first-order valence-electron chi connectivity index (χ1n) is 20.8. The highest BCUT2D eigenvalue weighted by molar-refractivity contribution is 7.25. The lowest BCUT2D eigenvalue weighted by Gasteiger charge is -2.28. The van der Waals surface area contributed by atoms with Gasteiger partial charge in [0.2, 0.25) is 0 Å². The van der Waals surface area contributed by atoms with Gasteiger partial charge in [-0.3, -0.25) is 0 Å². The maximum absolute atomic E-state index is 2.48. The van der Waals surface area contributed by atoms with Gasteiger partial charge in [0.25, 0.3) is 0 Å². The van der Waals surface area contributed by atoms with Crippen LogP contribution in [0.1, 0.15) is 0 Å². The third-order valence-corrected chi connectivity index (χ3v) is 13.3. The van der Waals surface area contributed by atoms with Gasteiger partial charge in [-0.1, -0.05) is 158 Å². The largest absolute Gasteiger partial charge is 0.310 e. The fraction of sp³-hybridized carbons (Fsp3) is 0. The second-order valence-electron chi connectivity index (χ2n) is 15.7. The molecule has 61 heavy (non-hydrogen) atoms. The van der Waals surface area contributed by atoms with Crippen LogP contribution in [-0.2, 0) is 0 Å². The van der Waals surface area contributed by atoms with Gasteiger partial charge in [-0.2, -0.15) is 0 Å². The molecule has 12 aromatic rings. The van der Waals surface area contributed by atoms with Crippen molar-refractivity contribution in [3.05, 3.63) is 231 Å². The van der Waals surface area contributed by atoms with Crippen molar-refractivity contribution in [2.75, 3.05) is 4.90 Å². The molecule has 0 atom stereocenters. The fourth-order valence-electron chi connectivity index (χ4n) is 9.37. The van der Waals surface area contributed by atoms with E-state index >= 15 is 0 Å². The number of benzene rings is 10. The van der Waals surface area contributed by atoms with Crippen molar-refractivity contribution < 1.29 is 0 Å². The van der Waals surface area contributed by atoms with E-state index in [1.165, 1.54) is 86.1 Å². The average molecular weight is 795 g/mol. The van der Waals surface area contributed by atoms with E-state index in [1.54, 1.807) is 0 Å². The number of thiophene rings is 1. The van der Waals surface area contributed by atoms with Crippen molar-refractivity contribution in [2.45, 2.75) is 0 Å². The van der Waals surface area contributed by atoms with Gasteiger partial charge >= 0.3 is 0 Å². The molecule has 2 nitrogen and oxygen atoms in total. The van der Waals surface area contributed by atoms with E-state index in [1.807, 2.05) is 11.3 Å². The maximum Gasteiger partial charge on any atom is 0.0625 e. The monoisotopic (exact) mass is 794 g/mol. The lowest BCUT2D eigenvalue weighted by atomic mass is 9.94. The third-order valence-electron chi connectivity index (χ3n) is 12.2. The summed E-state index contributed by atoms with van der Waals surface area (Å²) in [4.78, 5) is 2.44. The molecule has 0 radical (unpaired) electrons. The normalized spacial score (nSPS) is 11.6. The van der Waals surface area contributed by atoms with Crippen LogP contribution >= 0.6 is 11.3 Å². The van der Waals surface area contributed by atoms with Gasteiger partial charge in [0.15, 0.2) is 0 Å². The number of hydrogen-bond donors (Lipinski definition) is 0. The summed E-state index contributed by atoms with van der Waals surface area (Å²) in [5.74, 6) is 0. The second kappa shape index (κ2) is 14.5. The molecule has 0 saturated heterocycles. The molecule has 2 heterocycles. The molecule has 0 aliphatic carbocycles. The van der Waals surface area contributed by atoms with Gasteiger partial charge < -0.3 is 9.47 Å². The minimum atomic E-state index is 1.09. The molecule has 0 saturated carbocycles. The number of para-hydroxylation sites is 2. The van der Waals surface area contributed by atoms with Crippen molar-refractivity contribution in [2.24, 2.45) is 0 Å². The minimum absolute atomic E-state index is 1.09. The molecule has 10 aromatic carbocycles. The predicted molar refractivity (Wildman–Crippen MR) is 262 cm³/mol. The summed E-state index contributed by atoms with van der Waals surface area (Å²) >= 11 is 1.87. The topological polar surface area (TPSA) is 8.17 Å². The lowest BCUT2D eigenvalue weighted by Crippen LogP contribution is -2.11. The molecule has 0 N–H and O–H groups in total. The van der Waals surface area contributed by atoms with Gasteiger partial charge in [-0.25, -0.2) is 0 Å². The summed E-state index contributed by atoms with van der Waals surface area (Å²) in [6, 6.07) is 84.3. The Kier molecular flexibility index (Phi) is 8.39. The molecule has 0 spiro atoms. The fourth-order valence-corrected chi connectivity index (χ4v) is 10.5. The van der Waals surface area contributed by atoms with Crippen LogP contribution in [0.2, 0.25) is 0 Å². The van der Waals surface area contributed by atoms with E-state index in [2.05, 4.69) is 240 Å². The van der Waals surface area contributed by atoms with Crippen molar-refractivity contribution in [1.82, 2.24) is 4.57 Å². The molecule has 0 aliphatic rings. The molecule has 0 amide bonds. The van der Waals surface area contributed by atoms with E-state index in [4.69, 9.17) is 0 Å². The number of nitrogens with zero attached hydrogens (tertiary/aromatic N) is 2. The Morgan fingerprint density at radius 2 is 0.967 bits per heavy atom. The second-order valence-corrected chi connectivity index (χ2v) is 16.8. The van der Waals surface area contributed by atoms with E-state index in [9.17, 15) is 0 Å². The van der Waals surface area contributed by atoms with E-state index in [0.29, 0.717) is 0 Å². The van der Waals surface area contributed by atoms with Crippen molar-refractivity contribution in [3.8, 4) is 39.1 Å². The summed E-state index contributed by atoms with van der Waals surface area (Å²) in [6.45, 7) is 0. The summed E-state index contributed by atoms with van der Waals surface area (Å²) in [6.07, 6.45) is 0. The highest BCUT2D eigenvalue weighted by Gasteiger charge is 2.23. The third kappa shape index (κ3) is 5.93. The number of fused-ring (bicyclic) bond motifs is 8. The van der Waals surface area contributed by atoms with E-state index in [-0.39, 0.29) is 0 Å². The molecular weight excluding hydrogens is 757 g/mol. The summed E-state index contributed by atoms with van der Waals surface area (Å²) in [5.41, 5.74) is 14.0. The summed E-state index contributed by atoms with van der Waals surface area (Å²) in [5, 5.41) is 7.51. The van der Waals surface area contributed by atoms with Crippen molar-refractivity contribution in [3.63, 3.8) is 0 Å². The Bertz CT molecular complexity index is 3570. The molecule has 0 fully saturated rings. The molecule has 0 bridgehead atoms. The molecule has 12 rings (SSSR count). The maximum atomic E-state index is 2.48. The molecule has 3 heteroatoms. The van der Waals surface area contributed by atoms with Crippen molar-refractivity contribution >= 4 is 81.1 Å². The Morgan fingerprint density at radius 1 is 0.361 bits per heavy atom. The molecule has 2 aromatic heterocycles. The van der Waals surface area contributed by atoms with Crippen LogP contribution in [0.3, 0.4) is 0 Å². The Labute approximate surface area is 358 Å². The molecule has 0 aliphatic heterocycles. The molecular formula is C58H38N2S. The zero-order valence-electron chi connectivity index (χ0n) is 33.2. The first-order valence-corrected chi connectivity index (χ1v) is 21.7. The Hall–Kier alpha value is -7.72.